The zero-order valence-corrected chi connectivity index (χ0v) is 13.6. The molecule has 6 nitrogen and oxygen atoms in total. The van der Waals surface area contributed by atoms with Gasteiger partial charge in [0.05, 0.1) is 5.56 Å². The molecular weight excluding hydrogens is 292 g/mol. The van der Waals surface area contributed by atoms with Gasteiger partial charge in [-0.15, -0.1) is 0 Å². The number of rotatable bonds is 3. The zero-order valence-electron chi connectivity index (χ0n) is 13.6. The van der Waals surface area contributed by atoms with Crippen LogP contribution in [0.1, 0.15) is 23.2 Å². The molecule has 5 rings (SSSR count). The third-order valence-electron chi connectivity index (χ3n) is 5.01. The lowest BCUT2D eigenvalue weighted by Gasteiger charge is -2.44. The van der Waals surface area contributed by atoms with Crippen molar-refractivity contribution in [2.24, 2.45) is 5.92 Å². The fraction of sp³-hybridized carbons (Fsp3) is 0.529. The smallest absolute Gasteiger partial charge is 0.297 e. The van der Waals surface area contributed by atoms with E-state index in [1.54, 1.807) is 4.90 Å². The number of nitrogens with one attached hydrogen (secondary N) is 1. The molecule has 3 aliphatic heterocycles. The first-order chi connectivity index (χ1) is 11.1. The fourth-order valence-corrected chi connectivity index (χ4v) is 3.69. The minimum absolute atomic E-state index is 0.0482. The average Bonchev–Trinajstić information content (AvgIpc) is 3.00. The molecule has 1 aromatic heterocycles. The van der Waals surface area contributed by atoms with E-state index in [-0.39, 0.29) is 11.9 Å². The number of nitrogens with zero attached hydrogens (tertiary/aromatic N) is 3. The molecule has 3 aliphatic rings. The number of aromatic nitrogens is 1. The van der Waals surface area contributed by atoms with E-state index in [2.05, 4.69) is 15.2 Å². The van der Waals surface area contributed by atoms with Gasteiger partial charge in [0.1, 0.15) is 5.52 Å². The zero-order chi connectivity index (χ0) is 16.0. The second-order valence-corrected chi connectivity index (χ2v) is 6.76. The summed E-state index contributed by atoms with van der Waals surface area (Å²) < 4.78 is 5.69. The van der Waals surface area contributed by atoms with Crippen molar-refractivity contribution >= 4 is 23.0 Å². The van der Waals surface area contributed by atoms with Gasteiger partial charge in [0.2, 0.25) is 0 Å². The summed E-state index contributed by atoms with van der Waals surface area (Å²) in [5, 5.41) is 3.22. The van der Waals surface area contributed by atoms with Gasteiger partial charge in [0.25, 0.3) is 11.9 Å². The van der Waals surface area contributed by atoms with Crippen molar-refractivity contribution in [1.82, 2.24) is 15.2 Å². The standard InChI is InChI=1S/C17H22N4O2/c1-20(2)17-19-15-12(4-3-5-14(15)23-17)16(22)18-13-10-21-8-6-11(13)7-9-21/h3-5,11,13H,6-10H2,1-2H3,(H,18,22)/t13-/m1/s1. The topological polar surface area (TPSA) is 61.6 Å². The van der Waals surface area contributed by atoms with Gasteiger partial charge in [-0.05, 0) is 44.0 Å². The predicted molar refractivity (Wildman–Crippen MR) is 88.8 cm³/mol. The SMILES string of the molecule is CN(C)c1nc2c(C(=O)N[C@@H]3CN4CCC3CC4)cccc2o1. The Morgan fingerprint density at radius 1 is 1.35 bits per heavy atom. The quantitative estimate of drug-likeness (QED) is 0.934. The van der Waals surface area contributed by atoms with E-state index < -0.39 is 0 Å². The van der Waals surface area contributed by atoms with Crippen molar-refractivity contribution in [1.29, 1.82) is 0 Å². The third-order valence-corrected chi connectivity index (χ3v) is 5.01. The molecule has 122 valence electrons. The summed E-state index contributed by atoms with van der Waals surface area (Å²) in [6, 6.07) is 6.28. The van der Waals surface area contributed by atoms with Crippen LogP contribution in [0.5, 0.6) is 0 Å². The van der Waals surface area contributed by atoms with Gasteiger partial charge in [0, 0.05) is 26.7 Å². The molecule has 6 heteroatoms. The maximum Gasteiger partial charge on any atom is 0.297 e. The Bertz CT molecular complexity index is 731. The largest absolute Gasteiger partial charge is 0.423 e. The Hall–Kier alpha value is -2.08. The van der Waals surface area contributed by atoms with Crippen molar-refractivity contribution < 1.29 is 9.21 Å². The molecule has 1 aromatic carbocycles. The number of hydrogen-bond donors (Lipinski definition) is 1. The van der Waals surface area contributed by atoms with Gasteiger partial charge in [-0.25, -0.2) is 0 Å². The monoisotopic (exact) mass is 314 g/mol. The summed E-state index contributed by atoms with van der Waals surface area (Å²) in [4.78, 5) is 21.5. The first-order valence-electron chi connectivity index (χ1n) is 8.22. The molecule has 2 bridgehead atoms. The van der Waals surface area contributed by atoms with E-state index in [4.69, 9.17) is 4.42 Å². The minimum Gasteiger partial charge on any atom is -0.423 e. The molecule has 4 heterocycles. The predicted octanol–water partition coefficient (Wildman–Crippen LogP) is 1.72. The van der Waals surface area contributed by atoms with Crippen LogP contribution in [0.25, 0.3) is 11.1 Å². The number of para-hydroxylation sites is 1. The molecule has 1 amide bonds. The Labute approximate surface area is 135 Å². The summed E-state index contributed by atoms with van der Waals surface area (Å²) in [5.41, 5.74) is 1.88. The van der Waals surface area contributed by atoms with Gasteiger partial charge in [-0.1, -0.05) is 6.07 Å². The lowest BCUT2D eigenvalue weighted by Crippen LogP contribution is -2.57. The normalized spacial score (nSPS) is 26.4. The molecule has 3 saturated heterocycles. The summed E-state index contributed by atoms with van der Waals surface area (Å²) in [6.45, 7) is 3.30. The molecule has 0 saturated carbocycles. The first-order valence-corrected chi connectivity index (χ1v) is 8.22. The van der Waals surface area contributed by atoms with E-state index in [1.165, 1.54) is 25.9 Å². The van der Waals surface area contributed by atoms with Crippen LogP contribution in [0.4, 0.5) is 6.01 Å². The number of hydrogen-bond acceptors (Lipinski definition) is 5. The third kappa shape index (κ3) is 2.57. The molecule has 3 fully saturated rings. The Kier molecular flexibility index (Phi) is 3.49. The molecular formula is C17H22N4O2. The number of carbonyl (C=O) groups is 1. The van der Waals surface area contributed by atoms with Crippen LogP contribution in [-0.4, -0.2) is 55.6 Å². The highest BCUT2D eigenvalue weighted by Gasteiger charge is 2.35. The maximum atomic E-state index is 12.8. The second kappa shape index (κ2) is 5.53. The average molecular weight is 314 g/mol. The van der Waals surface area contributed by atoms with Crippen molar-refractivity contribution in [3.63, 3.8) is 0 Å². The van der Waals surface area contributed by atoms with E-state index in [0.717, 1.165) is 6.54 Å². The lowest BCUT2D eigenvalue weighted by atomic mass is 9.84. The van der Waals surface area contributed by atoms with Crippen LogP contribution in [0.2, 0.25) is 0 Å². The number of benzene rings is 1. The number of carbonyl (C=O) groups excluding carboxylic acids is 1. The molecule has 0 aliphatic carbocycles. The Morgan fingerprint density at radius 2 is 2.13 bits per heavy atom. The first kappa shape index (κ1) is 14.5. The maximum absolute atomic E-state index is 12.8. The van der Waals surface area contributed by atoms with Crippen molar-refractivity contribution in [2.45, 2.75) is 18.9 Å². The van der Waals surface area contributed by atoms with Gasteiger partial charge in [-0.2, -0.15) is 4.98 Å². The van der Waals surface area contributed by atoms with Gasteiger partial charge < -0.3 is 19.5 Å². The van der Waals surface area contributed by atoms with Crippen molar-refractivity contribution in [2.75, 3.05) is 38.6 Å². The van der Waals surface area contributed by atoms with E-state index >= 15 is 0 Å². The Balaban J connectivity index is 1.59. The van der Waals surface area contributed by atoms with Gasteiger partial charge in [-0.3, -0.25) is 4.79 Å². The highest BCUT2D eigenvalue weighted by Crippen LogP contribution is 2.28. The summed E-state index contributed by atoms with van der Waals surface area (Å²) in [5.74, 6) is 0.561. The van der Waals surface area contributed by atoms with Gasteiger partial charge >= 0.3 is 0 Å². The van der Waals surface area contributed by atoms with Crippen molar-refractivity contribution in [3.8, 4) is 0 Å². The molecule has 0 radical (unpaired) electrons. The van der Waals surface area contributed by atoms with Gasteiger partial charge in [0.15, 0.2) is 5.58 Å². The van der Waals surface area contributed by atoms with E-state index in [9.17, 15) is 4.79 Å². The molecule has 0 unspecified atom stereocenters. The van der Waals surface area contributed by atoms with Crippen LogP contribution in [0.15, 0.2) is 22.6 Å². The molecule has 1 atom stereocenters. The number of anilines is 1. The van der Waals surface area contributed by atoms with Crippen molar-refractivity contribution in [3.05, 3.63) is 23.8 Å². The van der Waals surface area contributed by atoms with Crippen LogP contribution in [0.3, 0.4) is 0 Å². The molecule has 0 spiro atoms. The number of piperidine rings is 3. The van der Waals surface area contributed by atoms with Crippen LogP contribution >= 0.6 is 0 Å². The lowest BCUT2D eigenvalue weighted by molar-refractivity contribution is 0.0621. The highest BCUT2D eigenvalue weighted by molar-refractivity contribution is 6.04. The van der Waals surface area contributed by atoms with Crippen LogP contribution in [0, 0.1) is 5.92 Å². The minimum atomic E-state index is -0.0482. The van der Waals surface area contributed by atoms with E-state index in [1.807, 2.05) is 32.3 Å². The summed E-state index contributed by atoms with van der Waals surface area (Å²) >= 11 is 0. The molecule has 23 heavy (non-hydrogen) atoms. The van der Waals surface area contributed by atoms with E-state index in [0.29, 0.717) is 28.6 Å². The summed E-state index contributed by atoms with van der Waals surface area (Å²) in [6.07, 6.45) is 2.37. The summed E-state index contributed by atoms with van der Waals surface area (Å²) in [7, 11) is 3.75. The number of amides is 1. The second-order valence-electron chi connectivity index (χ2n) is 6.76. The number of oxazole rings is 1. The fourth-order valence-electron chi connectivity index (χ4n) is 3.69. The molecule has 2 aromatic rings. The molecule has 1 N–H and O–H groups in total. The highest BCUT2D eigenvalue weighted by atomic mass is 16.4. The number of fused-ring (bicyclic) bond motifs is 4. The Morgan fingerprint density at radius 3 is 2.78 bits per heavy atom. The van der Waals surface area contributed by atoms with Crippen LogP contribution in [-0.2, 0) is 0 Å². The van der Waals surface area contributed by atoms with Crippen LogP contribution < -0.4 is 10.2 Å².